The molecular weight excluding hydrogens is 307 g/mol. The summed E-state index contributed by atoms with van der Waals surface area (Å²) < 4.78 is 5.73. The molecule has 4 heteroatoms. The number of phenols is 1. The number of hydrogen-bond acceptors (Lipinski definition) is 3. The van der Waals surface area contributed by atoms with E-state index in [9.17, 15) is 9.90 Å². The topological polar surface area (TPSA) is 46.5 Å². The van der Waals surface area contributed by atoms with Gasteiger partial charge in [0.15, 0.2) is 0 Å². The quantitative estimate of drug-likeness (QED) is 0.527. The first-order chi connectivity index (χ1) is 7.15. The third-order valence-electron chi connectivity index (χ3n) is 1.91. The molecule has 0 atom stereocenters. The summed E-state index contributed by atoms with van der Waals surface area (Å²) in [6.45, 7) is 2.46. The van der Waals surface area contributed by atoms with E-state index in [0.717, 1.165) is 16.4 Å². The number of hydrogen-bond donors (Lipinski definition) is 1. The second kappa shape index (κ2) is 5.95. The van der Waals surface area contributed by atoms with Crippen molar-refractivity contribution in [2.45, 2.75) is 19.8 Å². The molecule has 0 radical (unpaired) electrons. The highest BCUT2D eigenvalue weighted by atomic mass is 127. The molecule has 0 aliphatic heterocycles. The zero-order chi connectivity index (χ0) is 11.3. The molecule has 82 valence electrons. The van der Waals surface area contributed by atoms with Gasteiger partial charge in [-0.05, 0) is 47.2 Å². The van der Waals surface area contributed by atoms with Gasteiger partial charge in [0.2, 0.25) is 0 Å². The predicted octanol–water partition coefficient (Wildman–Crippen LogP) is 2.95. The largest absolute Gasteiger partial charge is 0.507 e. The summed E-state index contributed by atoms with van der Waals surface area (Å²) in [5, 5.41) is 9.41. The molecule has 0 heterocycles. The highest BCUT2D eigenvalue weighted by Gasteiger charge is 2.08. The molecule has 15 heavy (non-hydrogen) atoms. The Morgan fingerprint density at radius 3 is 2.87 bits per heavy atom. The van der Waals surface area contributed by atoms with Crippen LogP contribution in [0.15, 0.2) is 18.2 Å². The first kappa shape index (κ1) is 12.3. The van der Waals surface area contributed by atoms with Crippen molar-refractivity contribution < 1.29 is 14.6 Å². The van der Waals surface area contributed by atoms with Gasteiger partial charge in [0.05, 0.1) is 15.7 Å². The molecule has 0 saturated carbocycles. The fourth-order valence-electron chi connectivity index (χ4n) is 1.03. The van der Waals surface area contributed by atoms with Gasteiger partial charge in [-0.15, -0.1) is 0 Å². The Hall–Kier alpha value is -0.780. The van der Waals surface area contributed by atoms with E-state index in [0.29, 0.717) is 12.2 Å². The van der Waals surface area contributed by atoms with E-state index in [1.807, 2.05) is 29.5 Å². The van der Waals surface area contributed by atoms with Crippen LogP contribution in [-0.2, 0) is 4.74 Å². The number of ether oxygens (including phenoxy) is 1. The zero-order valence-corrected chi connectivity index (χ0v) is 10.7. The number of halogens is 1. The Morgan fingerprint density at radius 2 is 2.27 bits per heavy atom. The third-order valence-corrected chi connectivity index (χ3v) is 2.83. The number of unbranched alkanes of at least 4 members (excludes halogenated alkanes) is 1. The number of aromatic hydroxyl groups is 1. The molecule has 0 fully saturated rings. The fourth-order valence-corrected chi connectivity index (χ4v) is 1.37. The average molecular weight is 320 g/mol. The molecule has 1 aromatic rings. The van der Waals surface area contributed by atoms with E-state index in [-0.39, 0.29) is 11.7 Å². The standard InChI is InChI=1S/C11H13IO3/c1-2-3-6-15-11(14)8-4-5-9(12)10(13)7-8/h4-5,7,13H,2-3,6H2,1H3. The fraction of sp³-hybridized carbons (Fsp3) is 0.364. The summed E-state index contributed by atoms with van der Waals surface area (Å²) in [6, 6.07) is 4.76. The van der Waals surface area contributed by atoms with Gasteiger partial charge in [-0.25, -0.2) is 4.79 Å². The van der Waals surface area contributed by atoms with Gasteiger partial charge in [0.25, 0.3) is 0 Å². The van der Waals surface area contributed by atoms with Crippen LogP contribution in [0.25, 0.3) is 0 Å². The lowest BCUT2D eigenvalue weighted by molar-refractivity contribution is 0.0499. The normalized spacial score (nSPS) is 10.0. The second-order valence-electron chi connectivity index (χ2n) is 3.16. The van der Waals surface area contributed by atoms with E-state index in [1.54, 1.807) is 12.1 Å². The summed E-state index contributed by atoms with van der Waals surface area (Å²) in [7, 11) is 0. The number of benzene rings is 1. The van der Waals surface area contributed by atoms with Gasteiger partial charge in [0, 0.05) is 0 Å². The van der Waals surface area contributed by atoms with Crippen LogP contribution in [0.4, 0.5) is 0 Å². The maximum Gasteiger partial charge on any atom is 0.338 e. The van der Waals surface area contributed by atoms with E-state index in [2.05, 4.69) is 0 Å². The van der Waals surface area contributed by atoms with Crippen molar-refractivity contribution >= 4 is 28.6 Å². The van der Waals surface area contributed by atoms with Crippen LogP contribution >= 0.6 is 22.6 Å². The SMILES string of the molecule is CCCCOC(=O)c1ccc(I)c(O)c1. The van der Waals surface area contributed by atoms with Gasteiger partial charge in [-0.1, -0.05) is 13.3 Å². The van der Waals surface area contributed by atoms with Crippen LogP contribution in [0.1, 0.15) is 30.1 Å². The van der Waals surface area contributed by atoms with Crippen molar-refractivity contribution in [2.24, 2.45) is 0 Å². The van der Waals surface area contributed by atoms with Gasteiger partial charge in [0.1, 0.15) is 5.75 Å². The van der Waals surface area contributed by atoms with E-state index in [1.165, 1.54) is 6.07 Å². The molecule has 1 N–H and O–H groups in total. The summed E-state index contributed by atoms with van der Waals surface area (Å²) in [6.07, 6.45) is 1.85. The predicted molar refractivity (Wildman–Crippen MR) is 66.0 cm³/mol. The molecular formula is C11H13IO3. The monoisotopic (exact) mass is 320 g/mol. The van der Waals surface area contributed by atoms with Crippen molar-refractivity contribution in [3.05, 3.63) is 27.3 Å². The highest BCUT2D eigenvalue weighted by molar-refractivity contribution is 14.1. The van der Waals surface area contributed by atoms with E-state index in [4.69, 9.17) is 4.74 Å². The first-order valence-electron chi connectivity index (χ1n) is 4.80. The van der Waals surface area contributed by atoms with Crippen molar-refractivity contribution in [3.63, 3.8) is 0 Å². The number of esters is 1. The molecule has 1 rings (SSSR count). The third kappa shape index (κ3) is 3.70. The molecule has 0 unspecified atom stereocenters. The summed E-state index contributed by atoms with van der Waals surface area (Å²) in [5.41, 5.74) is 0.393. The Bertz CT molecular complexity index is 350. The smallest absolute Gasteiger partial charge is 0.338 e. The average Bonchev–Trinajstić information content (AvgIpc) is 2.22. The minimum Gasteiger partial charge on any atom is -0.507 e. The van der Waals surface area contributed by atoms with Crippen LogP contribution in [0.5, 0.6) is 5.75 Å². The maximum absolute atomic E-state index is 11.4. The Balaban J connectivity index is 2.62. The lowest BCUT2D eigenvalue weighted by atomic mass is 10.2. The molecule has 0 aromatic heterocycles. The maximum atomic E-state index is 11.4. The first-order valence-corrected chi connectivity index (χ1v) is 5.88. The van der Waals surface area contributed by atoms with E-state index < -0.39 is 0 Å². The molecule has 0 aliphatic rings. The van der Waals surface area contributed by atoms with Crippen LogP contribution < -0.4 is 0 Å². The van der Waals surface area contributed by atoms with Gasteiger partial charge >= 0.3 is 5.97 Å². The lowest BCUT2D eigenvalue weighted by Crippen LogP contribution is -2.06. The zero-order valence-electron chi connectivity index (χ0n) is 8.50. The molecule has 0 saturated heterocycles. The van der Waals surface area contributed by atoms with E-state index >= 15 is 0 Å². The molecule has 3 nitrogen and oxygen atoms in total. The minimum absolute atomic E-state index is 0.112. The number of carbonyl (C=O) groups excluding carboxylic acids is 1. The van der Waals surface area contributed by atoms with Crippen LogP contribution in [0.3, 0.4) is 0 Å². The highest BCUT2D eigenvalue weighted by Crippen LogP contribution is 2.20. The van der Waals surface area contributed by atoms with Crippen LogP contribution in [0, 0.1) is 3.57 Å². The van der Waals surface area contributed by atoms with Crippen LogP contribution in [-0.4, -0.2) is 17.7 Å². The number of rotatable bonds is 4. The molecule has 0 amide bonds. The molecule has 0 aliphatic carbocycles. The van der Waals surface area contributed by atoms with Gasteiger partial charge in [-0.2, -0.15) is 0 Å². The van der Waals surface area contributed by atoms with Crippen molar-refractivity contribution in [1.82, 2.24) is 0 Å². The Kier molecular flexibility index (Phi) is 4.87. The van der Waals surface area contributed by atoms with Crippen molar-refractivity contribution in [2.75, 3.05) is 6.61 Å². The Morgan fingerprint density at radius 1 is 1.53 bits per heavy atom. The van der Waals surface area contributed by atoms with Gasteiger partial charge in [-0.3, -0.25) is 0 Å². The van der Waals surface area contributed by atoms with Gasteiger partial charge < -0.3 is 9.84 Å². The molecule has 1 aromatic carbocycles. The number of phenolic OH excluding ortho intramolecular Hbond substituents is 1. The number of carbonyl (C=O) groups is 1. The van der Waals surface area contributed by atoms with Crippen LogP contribution in [0.2, 0.25) is 0 Å². The minimum atomic E-state index is -0.379. The lowest BCUT2D eigenvalue weighted by Gasteiger charge is -2.04. The van der Waals surface area contributed by atoms with Crippen molar-refractivity contribution in [3.8, 4) is 5.75 Å². The summed E-state index contributed by atoms with van der Waals surface area (Å²) in [4.78, 5) is 11.4. The summed E-state index contributed by atoms with van der Waals surface area (Å²) in [5.74, 6) is -0.268. The molecule has 0 bridgehead atoms. The molecule has 0 spiro atoms. The second-order valence-corrected chi connectivity index (χ2v) is 4.32. The summed E-state index contributed by atoms with van der Waals surface area (Å²) >= 11 is 2.00. The Labute approximate surface area is 103 Å². The van der Waals surface area contributed by atoms with Crippen molar-refractivity contribution in [1.29, 1.82) is 0 Å².